The molecule has 0 spiro atoms. The van der Waals surface area contributed by atoms with E-state index in [-0.39, 0.29) is 0 Å². The largest absolute Gasteiger partial charge is 0.481 e. The first-order valence-corrected chi connectivity index (χ1v) is 7.62. The van der Waals surface area contributed by atoms with Gasteiger partial charge < -0.3 is 10.1 Å². The maximum absolute atomic E-state index is 5.11. The zero-order valence-corrected chi connectivity index (χ0v) is 11.5. The van der Waals surface area contributed by atoms with E-state index in [1.54, 1.807) is 7.11 Å². The van der Waals surface area contributed by atoms with Crippen molar-refractivity contribution in [2.45, 2.75) is 38.1 Å². The van der Waals surface area contributed by atoms with E-state index in [2.05, 4.69) is 16.4 Å². The topological polar surface area (TPSA) is 34.1 Å². The first kappa shape index (κ1) is 11.6. The maximum atomic E-state index is 5.11. The molecule has 1 N–H and O–H groups in total. The highest BCUT2D eigenvalue weighted by Crippen LogP contribution is 2.59. The minimum atomic E-state index is 0.680. The summed E-state index contributed by atoms with van der Waals surface area (Å²) in [5.74, 6) is 4.69. The highest BCUT2D eigenvalue weighted by molar-refractivity contribution is 5.43. The zero-order valence-electron chi connectivity index (χ0n) is 11.5. The lowest BCUT2D eigenvalue weighted by Gasteiger charge is -2.32. The van der Waals surface area contributed by atoms with E-state index in [1.165, 1.54) is 32.1 Å². The van der Waals surface area contributed by atoms with E-state index in [4.69, 9.17) is 4.74 Å². The number of anilines is 1. The molecule has 4 rings (SSSR count). The molecule has 0 saturated heterocycles. The van der Waals surface area contributed by atoms with Crippen LogP contribution < -0.4 is 10.1 Å². The molecule has 102 valence electrons. The van der Waals surface area contributed by atoms with Gasteiger partial charge in [0.1, 0.15) is 0 Å². The second-order valence-corrected chi connectivity index (χ2v) is 6.49. The maximum Gasteiger partial charge on any atom is 0.213 e. The van der Waals surface area contributed by atoms with Crippen LogP contribution in [0.4, 0.5) is 5.69 Å². The van der Waals surface area contributed by atoms with Crippen LogP contribution >= 0.6 is 0 Å². The first-order chi connectivity index (χ1) is 9.35. The summed E-state index contributed by atoms with van der Waals surface area (Å²) in [6.45, 7) is 0. The summed E-state index contributed by atoms with van der Waals surface area (Å²) in [4.78, 5) is 4.28. The highest BCUT2D eigenvalue weighted by Gasteiger charge is 2.53. The third-order valence-corrected chi connectivity index (χ3v) is 5.73. The molecule has 3 aliphatic carbocycles. The molecule has 1 aromatic rings. The Morgan fingerprint density at radius 1 is 1.16 bits per heavy atom. The van der Waals surface area contributed by atoms with Crippen molar-refractivity contribution in [2.24, 2.45) is 23.7 Å². The molecule has 3 aliphatic rings. The van der Waals surface area contributed by atoms with Gasteiger partial charge in [-0.25, -0.2) is 4.98 Å². The van der Waals surface area contributed by atoms with Crippen molar-refractivity contribution in [3.63, 3.8) is 0 Å². The minimum absolute atomic E-state index is 0.680. The molecule has 19 heavy (non-hydrogen) atoms. The predicted octanol–water partition coefficient (Wildman–Crippen LogP) is 3.33. The molecule has 5 atom stereocenters. The lowest BCUT2D eigenvalue weighted by molar-refractivity contribution is 0.243. The van der Waals surface area contributed by atoms with E-state index in [9.17, 15) is 0 Å². The van der Waals surface area contributed by atoms with Crippen molar-refractivity contribution in [2.75, 3.05) is 12.4 Å². The number of methoxy groups -OCH3 is 1. The molecule has 5 unspecified atom stereocenters. The second kappa shape index (κ2) is 4.39. The Labute approximate surface area is 114 Å². The highest BCUT2D eigenvalue weighted by atomic mass is 16.5. The molecule has 0 aromatic carbocycles. The number of nitrogens with one attached hydrogen (secondary N) is 1. The average Bonchev–Trinajstić information content (AvgIpc) is 3.11. The van der Waals surface area contributed by atoms with Gasteiger partial charge in [-0.05, 0) is 55.4 Å². The van der Waals surface area contributed by atoms with Crippen LogP contribution in [0.2, 0.25) is 0 Å². The van der Waals surface area contributed by atoms with E-state index < -0.39 is 0 Å². The third kappa shape index (κ3) is 1.82. The van der Waals surface area contributed by atoms with Crippen molar-refractivity contribution in [1.82, 2.24) is 4.98 Å². The van der Waals surface area contributed by atoms with Gasteiger partial charge in [0.05, 0.1) is 19.0 Å². The van der Waals surface area contributed by atoms with E-state index in [0.29, 0.717) is 11.9 Å². The van der Waals surface area contributed by atoms with Gasteiger partial charge in [0, 0.05) is 12.1 Å². The standard InChI is InChI=1S/C16H22N2O/c1-19-16-6-5-11(9-17-16)18-15-8-10-7-14(15)13-4-2-3-12(10)13/h5-6,9-10,12-15,18H,2-4,7-8H2,1H3. The second-order valence-electron chi connectivity index (χ2n) is 6.49. The van der Waals surface area contributed by atoms with E-state index in [1.807, 2.05) is 12.3 Å². The van der Waals surface area contributed by atoms with Crippen LogP contribution in [-0.2, 0) is 0 Å². The Morgan fingerprint density at radius 3 is 2.84 bits per heavy atom. The van der Waals surface area contributed by atoms with Gasteiger partial charge in [0.25, 0.3) is 0 Å². The van der Waals surface area contributed by atoms with Crippen molar-refractivity contribution in [1.29, 1.82) is 0 Å². The number of nitrogens with zero attached hydrogens (tertiary/aromatic N) is 1. The molecular formula is C16H22N2O. The molecule has 2 bridgehead atoms. The molecule has 0 amide bonds. The fourth-order valence-electron chi connectivity index (χ4n) is 5.03. The molecular weight excluding hydrogens is 236 g/mol. The van der Waals surface area contributed by atoms with Gasteiger partial charge >= 0.3 is 0 Å². The number of ether oxygens (including phenoxy) is 1. The number of fused-ring (bicyclic) bond motifs is 5. The third-order valence-electron chi connectivity index (χ3n) is 5.73. The summed E-state index contributed by atoms with van der Waals surface area (Å²) in [6, 6.07) is 4.71. The Hall–Kier alpha value is -1.25. The van der Waals surface area contributed by atoms with Crippen LogP contribution in [0.15, 0.2) is 18.3 Å². The number of rotatable bonds is 3. The summed E-state index contributed by atoms with van der Waals surface area (Å²) < 4.78 is 5.11. The summed E-state index contributed by atoms with van der Waals surface area (Å²) in [6.07, 6.45) is 9.19. The van der Waals surface area contributed by atoms with Crippen molar-refractivity contribution in [3.05, 3.63) is 18.3 Å². The van der Waals surface area contributed by atoms with Crippen molar-refractivity contribution < 1.29 is 4.74 Å². The molecule has 3 saturated carbocycles. The van der Waals surface area contributed by atoms with E-state index >= 15 is 0 Å². The number of hydrogen-bond donors (Lipinski definition) is 1. The summed E-state index contributed by atoms with van der Waals surface area (Å²) in [7, 11) is 1.66. The fourth-order valence-corrected chi connectivity index (χ4v) is 5.03. The van der Waals surface area contributed by atoms with Crippen LogP contribution in [0.3, 0.4) is 0 Å². The average molecular weight is 258 g/mol. The Kier molecular flexibility index (Phi) is 2.68. The smallest absolute Gasteiger partial charge is 0.213 e. The molecule has 0 radical (unpaired) electrons. The van der Waals surface area contributed by atoms with Crippen LogP contribution in [0.1, 0.15) is 32.1 Å². The van der Waals surface area contributed by atoms with Gasteiger partial charge in [0.2, 0.25) is 5.88 Å². The van der Waals surface area contributed by atoms with Crippen molar-refractivity contribution >= 4 is 5.69 Å². The monoisotopic (exact) mass is 258 g/mol. The summed E-state index contributed by atoms with van der Waals surface area (Å²) >= 11 is 0. The number of hydrogen-bond acceptors (Lipinski definition) is 3. The van der Waals surface area contributed by atoms with Crippen LogP contribution in [0.5, 0.6) is 5.88 Å². The van der Waals surface area contributed by atoms with Gasteiger partial charge in [-0.2, -0.15) is 0 Å². The lowest BCUT2D eigenvalue weighted by atomic mass is 9.79. The summed E-state index contributed by atoms with van der Waals surface area (Å²) in [5.41, 5.74) is 1.15. The quantitative estimate of drug-likeness (QED) is 0.903. The molecule has 1 aromatic heterocycles. The molecule has 3 fully saturated rings. The molecule has 1 heterocycles. The fraction of sp³-hybridized carbons (Fsp3) is 0.688. The molecule has 3 heteroatoms. The Balaban J connectivity index is 1.46. The normalized spacial score (nSPS) is 39.3. The predicted molar refractivity (Wildman–Crippen MR) is 75.2 cm³/mol. The van der Waals surface area contributed by atoms with Crippen molar-refractivity contribution in [3.8, 4) is 5.88 Å². The van der Waals surface area contributed by atoms with Crippen LogP contribution in [-0.4, -0.2) is 18.1 Å². The van der Waals surface area contributed by atoms with Crippen LogP contribution in [0.25, 0.3) is 0 Å². The molecule has 3 nitrogen and oxygen atoms in total. The summed E-state index contributed by atoms with van der Waals surface area (Å²) in [5, 5.41) is 3.72. The van der Waals surface area contributed by atoms with Gasteiger partial charge in [0.15, 0.2) is 0 Å². The van der Waals surface area contributed by atoms with E-state index in [0.717, 1.165) is 29.4 Å². The minimum Gasteiger partial charge on any atom is -0.481 e. The zero-order chi connectivity index (χ0) is 12.8. The SMILES string of the molecule is COc1ccc(NC2CC3CC2C2CCCC32)cn1. The van der Waals surface area contributed by atoms with Crippen LogP contribution in [0, 0.1) is 23.7 Å². The molecule has 0 aliphatic heterocycles. The van der Waals surface area contributed by atoms with Gasteiger partial charge in [-0.15, -0.1) is 0 Å². The van der Waals surface area contributed by atoms with Gasteiger partial charge in [-0.3, -0.25) is 0 Å². The number of aromatic nitrogens is 1. The lowest BCUT2D eigenvalue weighted by Crippen LogP contribution is -2.33. The first-order valence-electron chi connectivity index (χ1n) is 7.62. The number of pyridine rings is 1. The Bertz CT molecular complexity index is 458. The van der Waals surface area contributed by atoms with Gasteiger partial charge in [-0.1, -0.05) is 6.42 Å². The Morgan fingerprint density at radius 2 is 2.05 bits per heavy atom.